The summed E-state index contributed by atoms with van der Waals surface area (Å²) in [6.45, 7) is 2.29. The molecule has 74 valence electrons. The Morgan fingerprint density at radius 2 is 2.38 bits per heavy atom. The fraction of sp³-hybridized carbons (Fsp3) is 0.750. The molecular formula is C8H15N3O2. The van der Waals surface area contributed by atoms with Gasteiger partial charge in [-0.25, -0.2) is 0 Å². The molecule has 13 heavy (non-hydrogen) atoms. The van der Waals surface area contributed by atoms with Crippen molar-refractivity contribution in [1.82, 2.24) is 10.2 Å². The van der Waals surface area contributed by atoms with Crippen LogP contribution in [0.5, 0.6) is 0 Å². The summed E-state index contributed by atoms with van der Waals surface area (Å²) in [5.74, 6) is -0.303. The van der Waals surface area contributed by atoms with Crippen molar-refractivity contribution in [2.75, 3.05) is 13.6 Å². The van der Waals surface area contributed by atoms with Gasteiger partial charge in [-0.2, -0.15) is 0 Å². The number of nitrogens with zero attached hydrogens (tertiary/aromatic N) is 1. The number of carbonyl (C=O) groups is 2. The lowest BCUT2D eigenvalue weighted by molar-refractivity contribution is -0.132. The highest BCUT2D eigenvalue weighted by molar-refractivity contribution is 5.90. The summed E-state index contributed by atoms with van der Waals surface area (Å²) in [6.07, 6.45) is 0.674. The van der Waals surface area contributed by atoms with Crippen molar-refractivity contribution in [1.29, 1.82) is 0 Å². The Hall–Kier alpha value is -1.10. The molecule has 1 rings (SSSR count). The maximum absolute atomic E-state index is 11.3. The van der Waals surface area contributed by atoms with Gasteiger partial charge in [0, 0.05) is 13.6 Å². The minimum atomic E-state index is -0.557. The van der Waals surface area contributed by atoms with Crippen LogP contribution < -0.4 is 11.1 Å². The number of likely N-dealkylation sites (tertiary alicyclic amines) is 1. The van der Waals surface area contributed by atoms with Crippen molar-refractivity contribution >= 4 is 11.8 Å². The van der Waals surface area contributed by atoms with Crippen LogP contribution in [-0.4, -0.2) is 42.4 Å². The quantitative estimate of drug-likeness (QED) is 0.560. The Morgan fingerprint density at radius 3 is 2.77 bits per heavy atom. The zero-order valence-corrected chi connectivity index (χ0v) is 7.91. The number of rotatable bonds is 2. The Labute approximate surface area is 77.3 Å². The van der Waals surface area contributed by atoms with E-state index < -0.39 is 6.04 Å². The van der Waals surface area contributed by atoms with Crippen LogP contribution in [0.3, 0.4) is 0 Å². The van der Waals surface area contributed by atoms with Gasteiger partial charge in [-0.15, -0.1) is 0 Å². The molecule has 1 saturated heterocycles. The Bertz CT molecular complexity index is 227. The molecule has 0 aromatic heterocycles. The molecule has 0 bridgehead atoms. The van der Waals surface area contributed by atoms with Crippen LogP contribution in [0.15, 0.2) is 0 Å². The monoisotopic (exact) mass is 185 g/mol. The third-order valence-corrected chi connectivity index (χ3v) is 2.16. The molecule has 0 saturated carbocycles. The van der Waals surface area contributed by atoms with E-state index in [2.05, 4.69) is 5.32 Å². The zero-order chi connectivity index (χ0) is 10.0. The number of hydrogen-bond donors (Lipinski definition) is 2. The van der Waals surface area contributed by atoms with E-state index >= 15 is 0 Å². The third-order valence-electron chi connectivity index (χ3n) is 2.16. The van der Waals surface area contributed by atoms with E-state index in [4.69, 9.17) is 5.73 Å². The molecule has 0 aliphatic carbocycles. The lowest BCUT2D eigenvalue weighted by atomic mass is 10.2. The Balaban J connectivity index is 2.47. The molecule has 5 heteroatoms. The minimum absolute atomic E-state index is 0.0333. The predicted octanol–water partition coefficient (Wildman–Crippen LogP) is -1.32. The number of hydrogen-bond acceptors (Lipinski definition) is 3. The Morgan fingerprint density at radius 1 is 1.77 bits per heavy atom. The van der Waals surface area contributed by atoms with E-state index in [1.54, 1.807) is 18.9 Å². The number of likely N-dealkylation sites (N-methyl/N-ethyl adjacent to an activating group) is 1. The number of carbonyl (C=O) groups excluding carboxylic acids is 2. The van der Waals surface area contributed by atoms with E-state index in [1.165, 1.54) is 0 Å². The molecule has 1 aliphatic heterocycles. The fourth-order valence-corrected chi connectivity index (χ4v) is 1.26. The molecule has 2 unspecified atom stereocenters. The highest BCUT2D eigenvalue weighted by atomic mass is 16.2. The van der Waals surface area contributed by atoms with Gasteiger partial charge in [-0.05, 0) is 13.3 Å². The van der Waals surface area contributed by atoms with Gasteiger partial charge in [0.15, 0.2) is 0 Å². The number of amides is 2. The van der Waals surface area contributed by atoms with Crippen molar-refractivity contribution < 1.29 is 9.59 Å². The SMILES string of the molecule is CC(N)C(=O)NC1CCN(C)C1=O. The van der Waals surface area contributed by atoms with E-state index in [0.717, 1.165) is 0 Å². The van der Waals surface area contributed by atoms with Crippen LogP contribution in [-0.2, 0) is 9.59 Å². The van der Waals surface area contributed by atoms with E-state index in [0.29, 0.717) is 13.0 Å². The lowest BCUT2D eigenvalue weighted by Gasteiger charge is -2.13. The van der Waals surface area contributed by atoms with Gasteiger partial charge in [0.1, 0.15) is 6.04 Å². The molecule has 1 fully saturated rings. The fourth-order valence-electron chi connectivity index (χ4n) is 1.26. The van der Waals surface area contributed by atoms with Crippen LogP contribution in [0.1, 0.15) is 13.3 Å². The van der Waals surface area contributed by atoms with E-state index in [1.807, 2.05) is 0 Å². The topological polar surface area (TPSA) is 75.4 Å². The molecule has 0 spiro atoms. The Kier molecular flexibility index (Phi) is 2.87. The lowest BCUT2D eigenvalue weighted by Crippen LogP contribution is -2.46. The van der Waals surface area contributed by atoms with Gasteiger partial charge in [0.05, 0.1) is 6.04 Å². The molecule has 0 aromatic rings. The van der Waals surface area contributed by atoms with Crippen LogP contribution >= 0.6 is 0 Å². The van der Waals surface area contributed by atoms with E-state index in [-0.39, 0.29) is 17.9 Å². The zero-order valence-electron chi connectivity index (χ0n) is 7.91. The molecular weight excluding hydrogens is 170 g/mol. The second kappa shape index (κ2) is 3.74. The van der Waals surface area contributed by atoms with Crippen molar-refractivity contribution in [2.45, 2.75) is 25.4 Å². The maximum atomic E-state index is 11.3. The van der Waals surface area contributed by atoms with Crippen LogP contribution in [0.4, 0.5) is 0 Å². The summed E-state index contributed by atoms with van der Waals surface area (Å²) in [5, 5.41) is 2.60. The first-order valence-corrected chi connectivity index (χ1v) is 4.33. The average molecular weight is 185 g/mol. The molecule has 0 aromatic carbocycles. The van der Waals surface area contributed by atoms with Crippen molar-refractivity contribution in [3.63, 3.8) is 0 Å². The van der Waals surface area contributed by atoms with Gasteiger partial charge in [0.25, 0.3) is 0 Å². The number of nitrogens with two attached hydrogens (primary N) is 1. The third kappa shape index (κ3) is 2.18. The summed E-state index contributed by atoms with van der Waals surface area (Å²) in [7, 11) is 1.72. The summed E-state index contributed by atoms with van der Waals surface area (Å²) in [6, 6.07) is -0.929. The standard InChI is InChI=1S/C8H15N3O2/c1-5(9)7(12)10-6-3-4-11(2)8(6)13/h5-6H,3-4,9H2,1-2H3,(H,10,12). The number of nitrogens with one attached hydrogen (secondary N) is 1. The summed E-state index contributed by atoms with van der Waals surface area (Å²) in [5.41, 5.74) is 5.36. The second-order valence-electron chi connectivity index (χ2n) is 3.40. The predicted molar refractivity (Wildman–Crippen MR) is 47.8 cm³/mol. The van der Waals surface area contributed by atoms with Gasteiger partial charge >= 0.3 is 0 Å². The summed E-state index contributed by atoms with van der Waals surface area (Å²) in [4.78, 5) is 24.1. The van der Waals surface area contributed by atoms with Crippen molar-refractivity contribution in [3.8, 4) is 0 Å². The van der Waals surface area contributed by atoms with Crippen LogP contribution in [0.2, 0.25) is 0 Å². The first-order chi connectivity index (χ1) is 6.02. The normalized spacial score (nSPS) is 24.7. The minimum Gasteiger partial charge on any atom is -0.344 e. The molecule has 2 atom stereocenters. The largest absolute Gasteiger partial charge is 0.344 e. The molecule has 1 heterocycles. The first kappa shape index (κ1) is 9.98. The van der Waals surface area contributed by atoms with Crippen molar-refractivity contribution in [3.05, 3.63) is 0 Å². The van der Waals surface area contributed by atoms with Gasteiger partial charge in [-0.3, -0.25) is 9.59 Å². The van der Waals surface area contributed by atoms with Gasteiger partial charge in [-0.1, -0.05) is 0 Å². The molecule has 2 amide bonds. The summed E-state index contributed by atoms with van der Waals surface area (Å²) < 4.78 is 0. The molecule has 3 N–H and O–H groups in total. The summed E-state index contributed by atoms with van der Waals surface area (Å²) >= 11 is 0. The highest BCUT2D eigenvalue weighted by Gasteiger charge is 2.30. The maximum Gasteiger partial charge on any atom is 0.244 e. The second-order valence-corrected chi connectivity index (χ2v) is 3.40. The van der Waals surface area contributed by atoms with Crippen LogP contribution in [0, 0.1) is 0 Å². The van der Waals surface area contributed by atoms with Crippen LogP contribution in [0.25, 0.3) is 0 Å². The van der Waals surface area contributed by atoms with Gasteiger partial charge < -0.3 is 16.0 Å². The van der Waals surface area contributed by atoms with Crippen molar-refractivity contribution in [2.24, 2.45) is 5.73 Å². The highest BCUT2D eigenvalue weighted by Crippen LogP contribution is 2.08. The van der Waals surface area contributed by atoms with E-state index in [9.17, 15) is 9.59 Å². The average Bonchev–Trinajstić information content (AvgIpc) is 2.36. The van der Waals surface area contributed by atoms with Gasteiger partial charge in [0.2, 0.25) is 11.8 Å². The first-order valence-electron chi connectivity index (χ1n) is 4.33. The molecule has 0 radical (unpaired) electrons. The molecule has 1 aliphatic rings. The smallest absolute Gasteiger partial charge is 0.244 e. The molecule has 5 nitrogen and oxygen atoms in total.